The smallest absolute Gasteiger partial charge is 0.369 e. The lowest BCUT2D eigenvalue weighted by Crippen LogP contribution is -2.35. The second kappa shape index (κ2) is 8.78. The molecule has 178 valence electrons. The summed E-state index contributed by atoms with van der Waals surface area (Å²) in [6.45, 7) is 0.521. The van der Waals surface area contributed by atoms with Crippen LogP contribution in [0.5, 0.6) is 0 Å². The Balaban J connectivity index is 1.52. The van der Waals surface area contributed by atoms with Crippen molar-refractivity contribution in [3.63, 3.8) is 0 Å². The largest absolute Gasteiger partial charge is 0.421 e. The van der Waals surface area contributed by atoms with Crippen molar-refractivity contribution in [1.82, 2.24) is 14.3 Å². The lowest BCUT2D eigenvalue weighted by molar-refractivity contribution is -0.137. The van der Waals surface area contributed by atoms with Crippen molar-refractivity contribution in [2.45, 2.75) is 37.9 Å². The number of fused-ring (bicyclic) bond motifs is 1. The van der Waals surface area contributed by atoms with Gasteiger partial charge in [0.05, 0.1) is 12.7 Å². The number of nitrogens with one attached hydrogen (secondary N) is 3. The van der Waals surface area contributed by atoms with Crippen LogP contribution in [0.4, 0.5) is 36.3 Å². The first-order valence-corrected chi connectivity index (χ1v) is 12.2. The number of amides is 1. The Hall–Kier alpha value is -2.93. The SMILES string of the molecule is CS(=O)(=O)N1CCC[C@H]1CCNc1nc(Nc2cccc3c2CC(=O)N3)ncc1C(F)(F)F. The third kappa shape index (κ3) is 5.19. The molecule has 0 radical (unpaired) electrons. The van der Waals surface area contributed by atoms with Crippen LogP contribution in [0.1, 0.15) is 30.4 Å². The molecule has 3 heterocycles. The molecule has 1 saturated heterocycles. The van der Waals surface area contributed by atoms with Crippen molar-refractivity contribution in [3.05, 3.63) is 35.5 Å². The van der Waals surface area contributed by atoms with Gasteiger partial charge in [0.15, 0.2) is 0 Å². The van der Waals surface area contributed by atoms with E-state index in [0.717, 1.165) is 6.26 Å². The van der Waals surface area contributed by atoms with Crippen molar-refractivity contribution in [2.75, 3.05) is 35.3 Å². The van der Waals surface area contributed by atoms with Crippen LogP contribution in [-0.2, 0) is 27.4 Å². The van der Waals surface area contributed by atoms with Gasteiger partial charge in [-0.05, 0) is 31.4 Å². The number of aromatic nitrogens is 2. The number of carbonyl (C=O) groups is 1. The molecule has 0 spiro atoms. The lowest BCUT2D eigenvalue weighted by Gasteiger charge is -2.22. The Morgan fingerprint density at radius 2 is 2.09 bits per heavy atom. The molecule has 2 aliphatic heterocycles. The van der Waals surface area contributed by atoms with Crippen molar-refractivity contribution in [2.24, 2.45) is 0 Å². The van der Waals surface area contributed by atoms with Crippen LogP contribution in [0, 0.1) is 0 Å². The standard InChI is InChI=1S/C20H23F3N6O3S/c1-33(31,32)29-9-3-4-12(29)7-8-24-18-14(20(21,22)23)11-25-19(28-18)27-16-6-2-5-15-13(16)10-17(30)26-15/h2,5-6,11-12H,3-4,7-10H2,1H3,(H,26,30)(H2,24,25,27,28)/t12-/m0/s1. The third-order valence-electron chi connectivity index (χ3n) is 5.65. The van der Waals surface area contributed by atoms with Gasteiger partial charge in [0.1, 0.15) is 11.4 Å². The summed E-state index contributed by atoms with van der Waals surface area (Å²) in [5, 5.41) is 8.30. The predicted octanol–water partition coefficient (Wildman–Crippen LogP) is 2.96. The van der Waals surface area contributed by atoms with Gasteiger partial charge in [0, 0.05) is 42.3 Å². The molecule has 4 rings (SSSR count). The molecule has 1 fully saturated rings. The molecule has 9 nitrogen and oxygen atoms in total. The van der Waals surface area contributed by atoms with Gasteiger partial charge < -0.3 is 16.0 Å². The molecule has 0 unspecified atom stereocenters. The summed E-state index contributed by atoms with van der Waals surface area (Å²) in [5.74, 6) is -0.632. The van der Waals surface area contributed by atoms with Crippen molar-refractivity contribution >= 4 is 39.1 Å². The van der Waals surface area contributed by atoms with E-state index < -0.39 is 27.6 Å². The minimum Gasteiger partial charge on any atom is -0.369 e. The fraction of sp³-hybridized carbons (Fsp3) is 0.450. The average molecular weight is 485 g/mol. The van der Waals surface area contributed by atoms with E-state index in [9.17, 15) is 26.4 Å². The van der Waals surface area contributed by atoms with Crippen LogP contribution < -0.4 is 16.0 Å². The van der Waals surface area contributed by atoms with Gasteiger partial charge >= 0.3 is 6.18 Å². The van der Waals surface area contributed by atoms with Crippen LogP contribution in [0.2, 0.25) is 0 Å². The summed E-state index contributed by atoms with van der Waals surface area (Å²) in [6.07, 6.45) is -0.985. The number of carbonyl (C=O) groups excluding carboxylic acids is 1. The summed E-state index contributed by atoms with van der Waals surface area (Å²) < 4.78 is 65.7. The van der Waals surface area contributed by atoms with E-state index in [1.54, 1.807) is 18.2 Å². The van der Waals surface area contributed by atoms with Gasteiger partial charge in [0.2, 0.25) is 21.9 Å². The minimum absolute atomic E-state index is 0.0584. The number of hydrogen-bond acceptors (Lipinski definition) is 7. The Kier molecular flexibility index (Phi) is 6.18. The Bertz CT molecular complexity index is 1170. The van der Waals surface area contributed by atoms with Gasteiger partial charge in [-0.15, -0.1) is 0 Å². The van der Waals surface area contributed by atoms with E-state index >= 15 is 0 Å². The summed E-state index contributed by atoms with van der Waals surface area (Å²) in [7, 11) is -3.37. The molecule has 3 N–H and O–H groups in total. The first-order chi connectivity index (χ1) is 15.5. The van der Waals surface area contributed by atoms with E-state index in [0.29, 0.717) is 48.9 Å². The lowest BCUT2D eigenvalue weighted by atomic mass is 10.1. The average Bonchev–Trinajstić information content (AvgIpc) is 3.33. The first kappa shape index (κ1) is 23.2. The Morgan fingerprint density at radius 3 is 2.82 bits per heavy atom. The topological polar surface area (TPSA) is 116 Å². The number of alkyl halides is 3. The van der Waals surface area contributed by atoms with E-state index in [-0.39, 0.29) is 30.9 Å². The molecular formula is C20H23F3N6O3S. The molecular weight excluding hydrogens is 461 g/mol. The fourth-order valence-electron chi connectivity index (χ4n) is 4.16. The molecule has 33 heavy (non-hydrogen) atoms. The van der Waals surface area contributed by atoms with E-state index in [4.69, 9.17) is 0 Å². The van der Waals surface area contributed by atoms with Gasteiger partial charge in [-0.3, -0.25) is 4.79 Å². The number of sulfonamides is 1. The predicted molar refractivity (Wildman–Crippen MR) is 117 cm³/mol. The maximum absolute atomic E-state index is 13.5. The van der Waals surface area contributed by atoms with E-state index in [2.05, 4.69) is 25.9 Å². The molecule has 1 atom stereocenters. The molecule has 0 saturated carbocycles. The second-order valence-corrected chi connectivity index (χ2v) is 9.96. The van der Waals surface area contributed by atoms with Crippen LogP contribution in [0.15, 0.2) is 24.4 Å². The number of halogens is 3. The highest BCUT2D eigenvalue weighted by Gasteiger charge is 2.36. The zero-order valence-electron chi connectivity index (χ0n) is 17.7. The Morgan fingerprint density at radius 1 is 1.30 bits per heavy atom. The van der Waals surface area contributed by atoms with Crippen molar-refractivity contribution in [3.8, 4) is 0 Å². The minimum atomic E-state index is -4.67. The number of anilines is 4. The molecule has 1 aromatic carbocycles. The second-order valence-electron chi connectivity index (χ2n) is 8.02. The van der Waals surface area contributed by atoms with Crippen LogP contribution in [0.25, 0.3) is 0 Å². The molecule has 2 aliphatic rings. The maximum atomic E-state index is 13.5. The van der Waals surface area contributed by atoms with Crippen LogP contribution >= 0.6 is 0 Å². The van der Waals surface area contributed by atoms with Crippen molar-refractivity contribution in [1.29, 1.82) is 0 Å². The number of nitrogens with zero attached hydrogens (tertiary/aromatic N) is 3. The maximum Gasteiger partial charge on any atom is 0.421 e. The van der Waals surface area contributed by atoms with E-state index in [1.807, 2.05) is 0 Å². The van der Waals surface area contributed by atoms with Gasteiger partial charge in [0.25, 0.3) is 0 Å². The van der Waals surface area contributed by atoms with Gasteiger partial charge in [-0.2, -0.15) is 22.5 Å². The molecule has 1 aromatic heterocycles. The van der Waals surface area contributed by atoms with E-state index in [1.165, 1.54) is 4.31 Å². The summed E-state index contributed by atoms with van der Waals surface area (Å²) in [5.41, 5.74) is 0.811. The summed E-state index contributed by atoms with van der Waals surface area (Å²) >= 11 is 0. The number of hydrogen-bond donors (Lipinski definition) is 3. The molecule has 0 aliphatic carbocycles. The summed E-state index contributed by atoms with van der Waals surface area (Å²) in [6, 6.07) is 4.85. The van der Waals surface area contributed by atoms with Gasteiger partial charge in [-0.1, -0.05) is 6.07 Å². The molecule has 13 heteroatoms. The fourth-order valence-corrected chi connectivity index (χ4v) is 5.38. The first-order valence-electron chi connectivity index (χ1n) is 10.4. The zero-order valence-corrected chi connectivity index (χ0v) is 18.6. The van der Waals surface area contributed by atoms with Crippen LogP contribution in [0.3, 0.4) is 0 Å². The molecule has 1 amide bonds. The normalized spacial score (nSPS) is 18.8. The quantitative estimate of drug-likeness (QED) is 0.553. The highest BCUT2D eigenvalue weighted by atomic mass is 32.2. The number of rotatable bonds is 7. The third-order valence-corrected chi connectivity index (χ3v) is 6.98. The monoisotopic (exact) mass is 484 g/mol. The summed E-state index contributed by atoms with van der Waals surface area (Å²) in [4.78, 5) is 19.5. The molecule has 2 aromatic rings. The Labute approximate surface area is 188 Å². The van der Waals surface area contributed by atoms with Crippen LogP contribution in [-0.4, -0.2) is 54.0 Å². The molecule has 0 bridgehead atoms. The zero-order chi connectivity index (χ0) is 23.8. The highest BCUT2D eigenvalue weighted by molar-refractivity contribution is 7.88. The highest BCUT2D eigenvalue weighted by Crippen LogP contribution is 2.35. The number of benzene rings is 1. The van der Waals surface area contributed by atoms with Gasteiger partial charge in [-0.25, -0.2) is 13.4 Å². The van der Waals surface area contributed by atoms with Crippen molar-refractivity contribution < 1.29 is 26.4 Å².